The summed E-state index contributed by atoms with van der Waals surface area (Å²) in [7, 11) is 0. The van der Waals surface area contributed by atoms with E-state index in [4.69, 9.17) is 16.3 Å². The predicted octanol–water partition coefficient (Wildman–Crippen LogP) is 3.53. The van der Waals surface area contributed by atoms with Gasteiger partial charge < -0.3 is 4.74 Å². The van der Waals surface area contributed by atoms with Crippen LogP contribution in [0.5, 0.6) is 0 Å². The minimum atomic E-state index is 0.300. The van der Waals surface area contributed by atoms with Gasteiger partial charge in [0.05, 0.1) is 6.10 Å². The van der Waals surface area contributed by atoms with E-state index in [-0.39, 0.29) is 0 Å². The second-order valence-corrected chi connectivity index (χ2v) is 3.90. The van der Waals surface area contributed by atoms with Gasteiger partial charge >= 0.3 is 0 Å². The Labute approximate surface area is 89.3 Å². The van der Waals surface area contributed by atoms with Crippen LogP contribution in [-0.2, 0) is 4.74 Å². The molecule has 1 aliphatic rings. The van der Waals surface area contributed by atoms with Gasteiger partial charge in [0.15, 0.2) is 0 Å². The molecule has 0 spiro atoms. The molecular weight excluding hydrogens is 196 g/mol. The third-order valence-corrected chi connectivity index (χ3v) is 2.55. The van der Waals surface area contributed by atoms with Crippen molar-refractivity contribution < 1.29 is 4.74 Å². The van der Waals surface area contributed by atoms with Gasteiger partial charge in [0.25, 0.3) is 0 Å². The molecule has 74 valence electrons. The molecule has 0 saturated carbocycles. The van der Waals surface area contributed by atoms with Gasteiger partial charge in [-0.1, -0.05) is 35.9 Å². The monoisotopic (exact) mass is 208 g/mol. The first kappa shape index (κ1) is 9.75. The summed E-state index contributed by atoms with van der Waals surface area (Å²) in [6, 6.07) is 7.83. The third kappa shape index (κ3) is 2.60. The normalized spacial score (nSPS) is 21.9. The van der Waals surface area contributed by atoms with Crippen LogP contribution in [0.2, 0.25) is 5.02 Å². The maximum Gasteiger partial charge on any atom is 0.0759 e. The van der Waals surface area contributed by atoms with Gasteiger partial charge in [-0.2, -0.15) is 0 Å². The first-order valence-corrected chi connectivity index (χ1v) is 5.28. The lowest BCUT2D eigenvalue weighted by Crippen LogP contribution is -1.98. The lowest BCUT2D eigenvalue weighted by Gasteiger charge is -2.01. The maximum atomic E-state index is 5.88. The molecule has 1 atom stereocenters. The summed E-state index contributed by atoms with van der Waals surface area (Å²) in [5, 5.41) is 0.777. The largest absolute Gasteiger partial charge is 0.374 e. The van der Waals surface area contributed by atoms with Crippen molar-refractivity contribution in [3.8, 4) is 0 Å². The summed E-state index contributed by atoms with van der Waals surface area (Å²) in [6.45, 7) is 0.893. The van der Waals surface area contributed by atoms with Crippen LogP contribution in [0, 0.1) is 0 Å². The van der Waals surface area contributed by atoms with Crippen molar-refractivity contribution in [1.82, 2.24) is 0 Å². The Morgan fingerprint density at radius 2 is 2.36 bits per heavy atom. The molecule has 1 aliphatic heterocycles. The Hall–Kier alpha value is -0.790. The molecule has 0 radical (unpaired) electrons. The highest BCUT2D eigenvalue weighted by Crippen LogP contribution is 2.16. The summed E-state index contributed by atoms with van der Waals surface area (Å²) in [6.07, 6.45) is 6.79. The van der Waals surface area contributed by atoms with Crippen molar-refractivity contribution in [1.29, 1.82) is 0 Å². The molecule has 1 aromatic carbocycles. The van der Waals surface area contributed by atoms with E-state index in [0.717, 1.165) is 23.6 Å². The van der Waals surface area contributed by atoms with Crippen molar-refractivity contribution in [2.24, 2.45) is 0 Å². The highest BCUT2D eigenvalue weighted by atomic mass is 35.5. The lowest BCUT2D eigenvalue weighted by molar-refractivity contribution is 0.146. The summed E-state index contributed by atoms with van der Waals surface area (Å²) in [5.41, 5.74) is 1.13. The van der Waals surface area contributed by atoms with Crippen LogP contribution in [0.1, 0.15) is 18.4 Å². The highest BCUT2D eigenvalue weighted by Gasteiger charge is 2.10. The third-order valence-electron chi connectivity index (χ3n) is 2.32. The van der Waals surface area contributed by atoms with Crippen LogP contribution in [0.25, 0.3) is 6.08 Å². The predicted molar refractivity (Wildman–Crippen MR) is 59.5 cm³/mol. The first-order chi connectivity index (χ1) is 6.84. The Bertz CT molecular complexity index is 327. The first-order valence-electron chi connectivity index (χ1n) is 4.90. The van der Waals surface area contributed by atoms with Crippen molar-refractivity contribution in [2.45, 2.75) is 18.9 Å². The van der Waals surface area contributed by atoms with Crippen LogP contribution in [0.4, 0.5) is 0 Å². The van der Waals surface area contributed by atoms with Gasteiger partial charge in [0, 0.05) is 11.6 Å². The molecule has 0 aromatic heterocycles. The zero-order chi connectivity index (χ0) is 9.80. The Morgan fingerprint density at radius 1 is 1.43 bits per heavy atom. The average molecular weight is 209 g/mol. The van der Waals surface area contributed by atoms with Crippen LogP contribution in [0.15, 0.2) is 30.3 Å². The lowest BCUT2D eigenvalue weighted by atomic mass is 10.1. The van der Waals surface area contributed by atoms with E-state index in [1.54, 1.807) is 0 Å². The molecule has 0 amide bonds. The van der Waals surface area contributed by atoms with Crippen LogP contribution < -0.4 is 0 Å². The summed E-state index contributed by atoms with van der Waals surface area (Å²) < 4.78 is 5.49. The number of hydrogen-bond donors (Lipinski definition) is 0. The smallest absolute Gasteiger partial charge is 0.0759 e. The SMILES string of the molecule is Clc1cccc(C=CC2CCCO2)c1. The molecule has 14 heavy (non-hydrogen) atoms. The average Bonchev–Trinajstić information content (AvgIpc) is 2.67. The zero-order valence-electron chi connectivity index (χ0n) is 7.95. The van der Waals surface area contributed by atoms with Gasteiger partial charge in [0.2, 0.25) is 0 Å². The van der Waals surface area contributed by atoms with Crippen molar-refractivity contribution in [2.75, 3.05) is 6.61 Å². The maximum absolute atomic E-state index is 5.88. The van der Waals surface area contributed by atoms with Crippen molar-refractivity contribution in [3.63, 3.8) is 0 Å². The van der Waals surface area contributed by atoms with Gasteiger partial charge in [-0.25, -0.2) is 0 Å². The van der Waals surface area contributed by atoms with E-state index in [0.29, 0.717) is 6.10 Å². The van der Waals surface area contributed by atoms with E-state index < -0.39 is 0 Å². The minimum Gasteiger partial charge on any atom is -0.374 e. The molecule has 0 aliphatic carbocycles. The second kappa shape index (κ2) is 4.63. The van der Waals surface area contributed by atoms with Crippen LogP contribution >= 0.6 is 11.6 Å². The molecule has 2 rings (SSSR count). The molecule has 0 N–H and O–H groups in total. The Kier molecular flexibility index (Phi) is 3.22. The van der Waals surface area contributed by atoms with E-state index in [1.165, 1.54) is 6.42 Å². The van der Waals surface area contributed by atoms with Gasteiger partial charge in [-0.05, 0) is 30.5 Å². The number of benzene rings is 1. The Balaban J connectivity index is 2.02. The molecule has 2 heteroatoms. The summed E-state index contributed by atoms with van der Waals surface area (Å²) >= 11 is 5.88. The molecule has 1 aromatic rings. The Morgan fingerprint density at radius 3 is 3.07 bits per heavy atom. The van der Waals surface area contributed by atoms with E-state index >= 15 is 0 Å². The van der Waals surface area contributed by atoms with E-state index in [9.17, 15) is 0 Å². The number of rotatable bonds is 2. The minimum absolute atomic E-state index is 0.300. The number of halogens is 1. The van der Waals surface area contributed by atoms with Crippen molar-refractivity contribution >= 4 is 17.7 Å². The fraction of sp³-hybridized carbons (Fsp3) is 0.333. The number of hydrogen-bond acceptors (Lipinski definition) is 1. The van der Waals surface area contributed by atoms with E-state index in [1.807, 2.05) is 24.3 Å². The van der Waals surface area contributed by atoms with Gasteiger partial charge in [0.1, 0.15) is 0 Å². The number of ether oxygens (including phenoxy) is 1. The van der Waals surface area contributed by atoms with Gasteiger partial charge in [-0.15, -0.1) is 0 Å². The molecule has 0 bridgehead atoms. The van der Waals surface area contributed by atoms with Crippen molar-refractivity contribution in [3.05, 3.63) is 40.9 Å². The van der Waals surface area contributed by atoms with Gasteiger partial charge in [-0.3, -0.25) is 0 Å². The molecule has 1 unspecified atom stereocenters. The van der Waals surface area contributed by atoms with Crippen LogP contribution in [-0.4, -0.2) is 12.7 Å². The molecule has 1 nitrogen and oxygen atoms in total. The van der Waals surface area contributed by atoms with E-state index in [2.05, 4.69) is 12.2 Å². The molecule has 1 fully saturated rings. The standard InChI is InChI=1S/C12H13ClO/c13-11-4-1-3-10(9-11)6-7-12-5-2-8-14-12/h1,3-4,6-7,9,12H,2,5,8H2. The summed E-state index contributed by atoms with van der Waals surface area (Å²) in [5.74, 6) is 0. The second-order valence-electron chi connectivity index (χ2n) is 3.47. The summed E-state index contributed by atoms with van der Waals surface area (Å²) in [4.78, 5) is 0. The fourth-order valence-electron chi connectivity index (χ4n) is 1.58. The quantitative estimate of drug-likeness (QED) is 0.723. The molecule has 1 heterocycles. The molecule has 1 saturated heterocycles. The zero-order valence-corrected chi connectivity index (χ0v) is 8.70. The molecular formula is C12H13ClO. The van der Waals surface area contributed by atoms with Crippen LogP contribution in [0.3, 0.4) is 0 Å². The topological polar surface area (TPSA) is 9.23 Å². The highest BCUT2D eigenvalue weighted by molar-refractivity contribution is 6.30. The fourth-order valence-corrected chi connectivity index (χ4v) is 1.78.